The van der Waals surface area contributed by atoms with Gasteiger partial charge in [-0.05, 0) is 30.5 Å². The maximum absolute atomic E-state index is 11.1. The fourth-order valence-electron chi connectivity index (χ4n) is 1.37. The van der Waals surface area contributed by atoms with Gasteiger partial charge in [0.05, 0.1) is 6.61 Å². The molecule has 1 aromatic rings. The largest absolute Gasteiger partial charge is 0.450 e. The molecule has 0 aliphatic heterocycles. The number of benzene rings is 1. The molecule has 1 amide bonds. The van der Waals surface area contributed by atoms with Crippen molar-refractivity contribution in [2.45, 2.75) is 26.8 Å². The minimum absolute atomic E-state index is 0.382. The van der Waals surface area contributed by atoms with E-state index >= 15 is 0 Å². The zero-order valence-electron chi connectivity index (χ0n) is 9.55. The van der Waals surface area contributed by atoms with E-state index in [2.05, 4.69) is 5.32 Å². The van der Waals surface area contributed by atoms with Crippen molar-refractivity contribution >= 4 is 17.7 Å². The molecule has 0 radical (unpaired) electrons. The lowest BCUT2D eigenvalue weighted by Crippen LogP contribution is -2.23. The Kier molecular flexibility index (Phi) is 5.12. The molecule has 4 heteroatoms. The van der Waals surface area contributed by atoms with Crippen LogP contribution in [0.25, 0.3) is 0 Å². The standard InChI is InChI=1S/C12H16ClNO2/c1-3-10-7-9(5-6-11(10)13)8-14-12(15)16-4-2/h5-7H,3-4,8H2,1-2H3,(H,14,15). The first kappa shape index (κ1) is 12.8. The number of nitrogens with one attached hydrogen (secondary N) is 1. The van der Waals surface area contributed by atoms with Gasteiger partial charge in [0.25, 0.3) is 0 Å². The minimum atomic E-state index is -0.393. The van der Waals surface area contributed by atoms with Gasteiger partial charge in [-0.3, -0.25) is 0 Å². The van der Waals surface area contributed by atoms with Gasteiger partial charge in [-0.15, -0.1) is 0 Å². The number of rotatable bonds is 4. The molecule has 88 valence electrons. The van der Waals surface area contributed by atoms with E-state index in [1.54, 1.807) is 6.92 Å². The van der Waals surface area contributed by atoms with E-state index in [1.165, 1.54) is 0 Å². The summed E-state index contributed by atoms with van der Waals surface area (Å²) in [6.07, 6.45) is 0.488. The molecule has 1 rings (SSSR count). The summed E-state index contributed by atoms with van der Waals surface area (Å²) in [5, 5.41) is 3.43. The van der Waals surface area contributed by atoms with Gasteiger partial charge in [0.15, 0.2) is 0 Å². The first-order valence-electron chi connectivity index (χ1n) is 5.35. The maximum atomic E-state index is 11.1. The Hall–Kier alpha value is -1.22. The Morgan fingerprint density at radius 1 is 1.44 bits per heavy atom. The summed E-state index contributed by atoms with van der Waals surface area (Å²) < 4.78 is 4.77. The average molecular weight is 242 g/mol. The van der Waals surface area contributed by atoms with Crippen LogP contribution in [-0.2, 0) is 17.7 Å². The van der Waals surface area contributed by atoms with Crippen molar-refractivity contribution in [3.63, 3.8) is 0 Å². The molecule has 0 bridgehead atoms. The van der Waals surface area contributed by atoms with Crippen LogP contribution < -0.4 is 5.32 Å². The first-order chi connectivity index (χ1) is 7.67. The molecule has 0 aromatic heterocycles. The van der Waals surface area contributed by atoms with Crippen LogP contribution in [0.2, 0.25) is 5.02 Å². The highest BCUT2D eigenvalue weighted by Crippen LogP contribution is 2.17. The average Bonchev–Trinajstić information content (AvgIpc) is 2.28. The molecule has 0 aliphatic rings. The highest BCUT2D eigenvalue weighted by atomic mass is 35.5. The molecular weight excluding hydrogens is 226 g/mol. The number of halogens is 1. The van der Waals surface area contributed by atoms with Gasteiger partial charge >= 0.3 is 6.09 Å². The third-order valence-electron chi connectivity index (χ3n) is 2.20. The summed E-state index contributed by atoms with van der Waals surface area (Å²) in [7, 11) is 0. The normalized spacial score (nSPS) is 9.94. The number of carbonyl (C=O) groups is 1. The van der Waals surface area contributed by atoms with Crippen molar-refractivity contribution < 1.29 is 9.53 Å². The zero-order valence-corrected chi connectivity index (χ0v) is 10.3. The molecule has 1 N–H and O–H groups in total. The Morgan fingerprint density at radius 2 is 2.19 bits per heavy atom. The lowest BCUT2D eigenvalue weighted by Gasteiger charge is -2.07. The summed E-state index contributed by atoms with van der Waals surface area (Å²) in [4.78, 5) is 11.1. The molecule has 0 heterocycles. The van der Waals surface area contributed by atoms with Crippen LogP contribution in [-0.4, -0.2) is 12.7 Å². The van der Waals surface area contributed by atoms with Crippen LogP contribution in [0.5, 0.6) is 0 Å². The summed E-state index contributed by atoms with van der Waals surface area (Å²) in [6.45, 7) is 4.66. The van der Waals surface area contributed by atoms with Crippen LogP contribution in [0, 0.1) is 0 Å². The zero-order chi connectivity index (χ0) is 12.0. The SMILES string of the molecule is CCOC(=O)NCc1ccc(Cl)c(CC)c1. The summed E-state index contributed by atoms with van der Waals surface area (Å²) in [5.74, 6) is 0. The van der Waals surface area contributed by atoms with E-state index in [0.29, 0.717) is 13.2 Å². The Bertz CT molecular complexity index is 366. The summed E-state index contributed by atoms with van der Waals surface area (Å²) in [6, 6.07) is 5.74. The van der Waals surface area contributed by atoms with Gasteiger partial charge in [-0.1, -0.05) is 30.7 Å². The van der Waals surface area contributed by atoms with E-state index in [9.17, 15) is 4.79 Å². The predicted molar refractivity (Wildman–Crippen MR) is 64.7 cm³/mol. The van der Waals surface area contributed by atoms with Crippen LogP contribution in [0.4, 0.5) is 4.79 Å². The maximum Gasteiger partial charge on any atom is 0.407 e. The Labute approximate surface area is 101 Å². The molecule has 3 nitrogen and oxygen atoms in total. The fourth-order valence-corrected chi connectivity index (χ4v) is 1.62. The molecule has 1 aromatic carbocycles. The van der Waals surface area contributed by atoms with E-state index in [1.807, 2.05) is 25.1 Å². The van der Waals surface area contributed by atoms with Crippen molar-refractivity contribution in [3.8, 4) is 0 Å². The Balaban J connectivity index is 2.57. The third kappa shape index (κ3) is 3.74. The second kappa shape index (κ2) is 6.38. The van der Waals surface area contributed by atoms with Crippen LogP contribution in [0.3, 0.4) is 0 Å². The van der Waals surface area contributed by atoms with E-state index in [4.69, 9.17) is 16.3 Å². The van der Waals surface area contributed by atoms with E-state index < -0.39 is 6.09 Å². The van der Waals surface area contributed by atoms with Gasteiger partial charge in [0.2, 0.25) is 0 Å². The third-order valence-corrected chi connectivity index (χ3v) is 2.57. The Morgan fingerprint density at radius 3 is 2.81 bits per heavy atom. The number of hydrogen-bond acceptors (Lipinski definition) is 2. The number of alkyl carbamates (subject to hydrolysis) is 1. The van der Waals surface area contributed by atoms with Gasteiger partial charge in [-0.25, -0.2) is 4.79 Å². The van der Waals surface area contributed by atoms with Crippen molar-refractivity contribution in [1.29, 1.82) is 0 Å². The van der Waals surface area contributed by atoms with Crippen LogP contribution in [0.1, 0.15) is 25.0 Å². The molecule has 0 aliphatic carbocycles. The lowest BCUT2D eigenvalue weighted by atomic mass is 10.1. The highest BCUT2D eigenvalue weighted by molar-refractivity contribution is 6.31. The number of aryl methyl sites for hydroxylation is 1. The molecule has 0 saturated carbocycles. The molecule has 0 atom stereocenters. The molecule has 0 saturated heterocycles. The summed E-state index contributed by atoms with van der Waals surface area (Å²) >= 11 is 6.00. The number of hydrogen-bond donors (Lipinski definition) is 1. The topological polar surface area (TPSA) is 38.3 Å². The van der Waals surface area contributed by atoms with Crippen molar-refractivity contribution in [1.82, 2.24) is 5.32 Å². The first-order valence-corrected chi connectivity index (χ1v) is 5.73. The monoisotopic (exact) mass is 241 g/mol. The quantitative estimate of drug-likeness (QED) is 0.880. The summed E-state index contributed by atoms with van der Waals surface area (Å²) in [5.41, 5.74) is 2.11. The van der Waals surface area contributed by atoms with Gasteiger partial charge in [0, 0.05) is 11.6 Å². The van der Waals surface area contributed by atoms with Crippen molar-refractivity contribution in [2.24, 2.45) is 0 Å². The van der Waals surface area contributed by atoms with Crippen molar-refractivity contribution in [2.75, 3.05) is 6.61 Å². The van der Waals surface area contributed by atoms with E-state index in [0.717, 1.165) is 22.6 Å². The molecule has 0 unspecified atom stereocenters. The van der Waals surface area contributed by atoms with Gasteiger partial charge in [-0.2, -0.15) is 0 Å². The second-order valence-corrected chi connectivity index (χ2v) is 3.76. The smallest absolute Gasteiger partial charge is 0.407 e. The van der Waals surface area contributed by atoms with Crippen molar-refractivity contribution in [3.05, 3.63) is 34.3 Å². The van der Waals surface area contributed by atoms with E-state index in [-0.39, 0.29) is 0 Å². The van der Waals surface area contributed by atoms with Crippen LogP contribution in [0.15, 0.2) is 18.2 Å². The molecule has 0 fully saturated rings. The number of amides is 1. The molecule has 0 spiro atoms. The van der Waals surface area contributed by atoms with Gasteiger partial charge < -0.3 is 10.1 Å². The highest BCUT2D eigenvalue weighted by Gasteiger charge is 2.03. The van der Waals surface area contributed by atoms with Gasteiger partial charge in [0.1, 0.15) is 0 Å². The second-order valence-electron chi connectivity index (χ2n) is 3.35. The molecular formula is C12H16ClNO2. The number of carbonyl (C=O) groups excluding carboxylic acids is 1. The fraction of sp³-hybridized carbons (Fsp3) is 0.417. The minimum Gasteiger partial charge on any atom is -0.450 e. The lowest BCUT2D eigenvalue weighted by molar-refractivity contribution is 0.151. The molecule has 16 heavy (non-hydrogen) atoms. The van der Waals surface area contributed by atoms with Crippen LogP contribution >= 0.6 is 11.6 Å². The number of ether oxygens (including phenoxy) is 1. The predicted octanol–water partition coefficient (Wildman–Crippen LogP) is 3.15.